The van der Waals surface area contributed by atoms with Gasteiger partial charge in [-0.15, -0.1) is 11.3 Å². The number of ether oxygens (including phenoxy) is 1. The summed E-state index contributed by atoms with van der Waals surface area (Å²) >= 11 is 8.17. The topological polar surface area (TPSA) is 77.3 Å². The molecule has 2 aliphatic rings. The number of rotatable bonds is 5. The number of benzene rings is 1. The Labute approximate surface area is 195 Å². The predicted molar refractivity (Wildman–Crippen MR) is 122 cm³/mol. The van der Waals surface area contributed by atoms with Crippen LogP contribution in [0.4, 0.5) is 4.79 Å². The fourth-order valence-corrected chi connectivity index (χ4v) is 5.57. The molecule has 0 unspecified atom stereocenters. The standard InChI is InChI=1S/C23H23ClN4O3S/c1-14(29)20-5-6-28(26-20)23(30)27-9-16-7-18(8-17(16)10-27)31-11-15-3-2-4-19(22(15)24)21-12-32-13-25-21/h2-6,12-13,16-18H,7-11H2,1H3/t16-,17+,18+. The largest absolute Gasteiger partial charge is 0.373 e. The second-order valence-electron chi connectivity index (χ2n) is 8.47. The fraction of sp³-hybridized carbons (Fsp3) is 0.391. The number of halogens is 1. The van der Waals surface area contributed by atoms with Gasteiger partial charge in [-0.1, -0.05) is 29.8 Å². The van der Waals surface area contributed by atoms with Crippen molar-refractivity contribution in [1.29, 1.82) is 0 Å². The van der Waals surface area contributed by atoms with E-state index in [0.29, 0.717) is 42.2 Å². The predicted octanol–water partition coefficient (Wildman–Crippen LogP) is 4.76. The van der Waals surface area contributed by atoms with E-state index in [9.17, 15) is 9.59 Å². The lowest BCUT2D eigenvalue weighted by atomic mass is 10.0. The molecule has 32 heavy (non-hydrogen) atoms. The van der Waals surface area contributed by atoms with Crippen molar-refractivity contribution in [1.82, 2.24) is 19.7 Å². The lowest BCUT2D eigenvalue weighted by Gasteiger charge is -2.19. The summed E-state index contributed by atoms with van der Waals surface area (Å²) in [4.78, 5) is 30.4. The van der Waals surface area contributed by atoms with Gasteiger partial charge in [0.15, 0.2) is 5.78 Å². The Morgan fingerprint density at radius 2 is 2.00 bits per heavy atom. The van der Waals surface area contributed by atoms with Crippen LogP contribution < -0.4 is 0 Å². The number of aromatic nitrogens is 3. The summed E-state index contributed by atoms with van der Waals surface area (Å²) in [5.74, 6) is 0.694. The van der Waals surface area contributed by atoms with Crippen molar-refractivity contribution in [2.75, 3.05) is 13.1 Å². The third-order valence-corrected chi connectivity index (χ3v) is 7.42. The Hall–Kier alpha value is -2.55. The highest BCUT2D eigenvalue weighted by Crippen LogP contribution is 2.40. The van der Waals surface area contributed by atoms with Gasteiger partial charge in [0.05, 0.1) is 28.9 Å². The zero-order chi connectivity index (χ0) is 22.2. The summed E-state index contributed by atoms with van der Waals surface area (Å²) in [5.41, 5.74) is 4.89. The number of hydrogen-bond acceptors (Lipinski definition) is 6. The summed E-state index contributed by atoms with van der Waals surface area (Å²) in [6.45, 7) is 3.29. The first-order valence-corrected chi connectivity index (χ1v) is 11.9. The zero-order valence-electron chi connectivity index (χ0n) is 17.6. The number of fused-ring (bicyclic) bond motifs is 1. The number of ketones is 1. The molecule has 1 saturated carbocycles. The van der Waals surface area contributed by atoms with E-state index in [-0.39, 0.29) is 17.9 Å². The zero-order valence-corrected chi connectivity index (χ0v) is 19.2. The summed E-state index contributed by atoms with van der Waals surface area (Å²) in [6, 6.07) is 7.36. The smallest absolute Gasteiger partial charge is 0.344 e. The highest BCUT2D eigenvalue weighted by molar-refractivity contribution is 7.07. The van der Waals surface area contributed by atoms with Crippen molar-refractivity contribution >= 4 is 34.8 Å². The van der Waals surface area contributed by atoms with Crippen LogP contribution >= 0.6 is 22.9 Å². The molecule has 3 aromatic rings. The van der Waals surface area contributed by atoms with E-state index >= 15 is 0 Å². The molecule has 3 heterocycles. The normalized spacial score (nSPS) is 22.3. The van der Waals surface area contributed by atoms with Crippen molar-refractivity contribution in [2.24, 2.45) is 11.8 Å². The summed E-state index contributed by atoms with van der Waals surface area (Å²) in [7, 11) is 0. The summed E-state index contributed by atoms with van der Waals surface area (Å²) in [6.07, 6.45) is 3.57. The number of likely N-dealkylation sites (tertiary alicyclic amines) is 1. The molecule has 0 N–H and O–H groups in total. The molecule has 0 spiro atoms. The Bertz CT molecular complexity index is 1130. The highest BCUT2D eigenvalue weighted by atomic mass is 35.5. The quantitative estimate of drug-likeness (QED) is 0.502. The van der Waals surface area contributed by atoms with Crippen LogP contribution in [0.1, 0.15) is 35.8 Å². The third kappa shape index (κ3) is 4.10. The van der Waals surface area contributed by atoms with Gasteiger partial charge in [-0.05, 0) is 36.3 Å². The van der Waals surface area contributed by atoms with Crippen LogP contribution in [0, 0.1) is 11.8 Å². The molecule has 5 rings (SSSR count). The fourth-order valence-electron chi connectivity index (χ4n) is 4.74. The van der Waals surface area contributed by atoms with Gasteiger partial charge >= 0.3 is 6.03 Å². The SMILES string of the molecule is CC(=O)c1ccn(C(=O)N2C[C@H]3C[C@H](OCc4cccc(-c5cscn5)c4Cl)C[C@H]3C2)n1. The average molecular weight is 471 g/mol. The van der Waals surface area contributed by atoms with Crippen LogP contribution in [-0.2, 0) is 11.3 Å². The first-order valence-electron chi connectivity index (χ1n) is 10.6. The maximum atomic E-state index is 12.7. The second-order valence-corrected chi connectivity index (χ2v) is 9.56. The van der Waals surface area contributed by atoms with Crippen LogP contribution in [0.25, 0.3) is 11.3 Å². The minimum atomic E-state index is -0.171. The lowest BCUT2D eigenvalue weighted by molar-refractivity contribution is 0.0384. The van der Waals surface area contributed by atoms with Crippen LogP contribution in [0.3, 0.4) is 0 Å². The molecular formula is C23H23ClN4O3S. The van der Waals surface area contributed by atoms with E-state index in [4.69, 9.17) is 16.3 Å². The first kappa shape index (κ1) is 21.3. The maximum Gasteiger partial charge on any atom is 0.344 e. The molecule has 2 fully saturated rings. The molecule has 0 bridgehead atoms. The number of carbonyl (C=O) groups excluding carboxylic acids is 2. The van der Waals surface area contributed by atoms with Gasteiger partial charge in [0.25, 0.3) is 0 Å². The minimum Gasteiger partial charge on any atom is -0.373 e. The number of hydrogen-bond donors (Lipinski definition) is 0. The Morgan fingerprint density at radius 1 is 1.22 bits per heavy atom. The van der Waals surface area contributed by atoms with Gasteiger partial charge < -0.3 is 9.64 Å². The van der Waals surface area contributed by atoms with Gasteiger partial charge in [0.2, 0.25) is 0 Å². The molecule has 1 aliphatic heterocycles. The van der Waals surface area contributed by atoms with Gasteiger partial charge in [-0.2, -0.15) is 9.78 Å². The van der Waals surface area contributed by atoms with Gasteiger partial charge in [-0.25, -0.2) is 9.78 Å². The number of carbonyl (C=O) groups is 2. The number of nitrogens with zero attached hydrogens (tertiary/aromatic N) is 4. The number of thiazole rings is 1. The Morgan fingerprint density at radius 3 is 2.66 bits per heavy atom. The van der Waals surface area contributed by atoms with Crippen molar-refractivity contribution < 1.29 is 14.3 Å². The molecule has 1 aliphatic carbocycles. The van der Waals surface area contributed by atoms with Gasteiger partial charge in [0.1, 0.15) is 5.69 Å². The molecule has 2 aromatic heterocycles. The van der Waals surface area contributed by atoms with E-state index in [0.717, 1.165) is 29.7 Å². The molecule has 0 radical (unpaired) electrons. The van der Waals surface area contributed by atoms with Crippen LogP contribution in [0.15, 0.2) is 41.4 Å². The molecule has 166 valence electrons. The highest BCUT2D eigenvalue weighted by Gasteiger charge is 2.43. The van der Waals surface area contributed by atoms with E-state index < -0.39 is 0 Å². The third-order valence-electron chi connectivity index (χ3n) is 6.39. The monoisotopic (exact) mass is 470 g/mol. The van der Waals surface area contributed by atoms with E-state index in [1.165, 1.54) is 11.6 Å². The molecule has 1 saturated heterocycles. The van der Waals surface area contributed by atoms with Crippen LogP contribution in [0.5, 0.6) is 0 Å². The molecule has 1 amide bonds. The van der Waals surface area contributed by atoms with Crippen molar-refractivity contribution in [2.45, 2.75) is 32.5 Å². The number of amides is 1. The van der Waals surface area contributed by atoms with Crippen molar-refractivity contribution in [3.05, 3.63) is 57.6 Å². The molecule has 9 heteroatoms. The number of Topliss-reactive ketones (excluding diaryl/α,β-unsaturated/α-hetero) is 1. The van der Waals surface area contributed by atoms with E-state index in [1.807, 2.05) is 28.5 Å². The Kier molecular flexibility index (Phi) is 5.84. The molecule has 1 aromatic carbocycles. The molecular weight excluding hydrogens is 448 g/mol. The van der Waals surface area contributed by atoms with Gasteiger partial charge in [0, 0.05) is 37.2 Å². The molecule has 7 nitrogen and oxygen atoms in total. The second kappa shape index (κ2) is 8.77. The van der Waals surface area contributed by atoms with Crippen LogP contribution in [0.2, 0.25) is 5.02 Å². The lowest BCUT2D eigenvalue weighted by Crippen LogP contribution is -2.34. The van der Waals surface area contributed by atoms with Gasteiger partial charge in [-0.3, -0.25) is 4.79 Å². The maximum absolute atomic E-state index is 12.7. The van der Waals surface area contributed by atoms with E-state index in [2.05, 4.69) is 10.1 Å². The summed E-state index contributed by atoms with van der Waals surface area (Å²) < 4.78 is 7.49. The Balaban J connectivity index is 1.16. The van der Waals surface area contributed by atoms with Crippen molar-refractivity contribution in [3.63, 3.8) is 0 Å². The van der Waals surface area contributed by atoms with Crippen molar-refractivity contribution in [3.8, 4) is 11.3 Å². The summed E-state index contributed by atoms with van der Waals surface area (Å²) in [5, 5.41) is 6.77. The molecule has 3 atom stereocenters. The first-order chi connectivity index (χ1) is 15.5. The van der Waals surface area contributed by atoms with E-state index in [1.54, 1.807) is 29.1 Å². The minimum absolute atomic E-state index is 0.146. The van der Waals surface area contributed by atoms with Crippen LogP contribution in [-0.4, -0.2) is 50.7 Å². The average Bonchev–Trinajstić information content (AvgIpc) is 3.56.